The quantitative estimate of drug-likeness (QED) is 0.591. The summed E-state index contributed by atoms with van der Waals surface area (Å²) in [6.45, 7) is 1.54. The fourth-order valence-corrected chi connectivity index (χ4v) is 4.19. The number of aryl methyl sites for hydroxylation is 1. The lowest BCUT2D eigenvalue weighted by Gasteiger charge is -2.18. The second-order valence-electron chi connectivity index (χ2n) is 7.69. The van der Waals surface area contributed by atoms with Crippen LogP contribution < -0.4 is 14.2 Å². The van der Waals surface area contributed by atoms with Gasteiger partial charge in [-0.2, -0.15) is 10.2 Å². The standard InChI is InChI=1S/C22H29N5O3/c1-27(13-18-16-7-5-6-8-17(16)24-25-18)12-15-11-23-26-21(15)14-9-19(28-2)22(30-4)20(10-14)29-3/h9-11H,5-8,12-13H2,1-4H3,(H,23,26)(H,24,25). The molecule has 0 aliphatic heterocycles. The SMILES string of the molecule is COc1cc(-c2[nH]ncc2CN(C)Cc2n[nH]c3c2CCCC3)cc(OC)c1OC. The normalized spacial score (nSPS) is 13.4. The molecule has 2 aromatic heterocycles. The van der Waals surface area contributed by atoms with Crippen LogP contribution in [0.3, 0.4) is 0 Å². The van der Waals surface area contributed by atoms with E-state index in [0.717, 1.165) is 48.4 Å². The number of ether oxygens (including phenoxy) is 3. The van der Waals surface area contributed by atoms with Gasteiger partial charge in [-0.1, -0.05) is 0 Å². The van der Waals surface area contributed by atoms with Crippen LogP contribution in [0, 0.1) is 0 Å². The van der Waals surface area contributed by atoms with Crippen molar-refractivity contribution < 1.29 is 14.2 Å². The van der Waals surface area contributed by atoms with E-state index in [1.807, 2.05) is 18.3 Å². The van der Waals surface area contributed by atoms with Crippen molar-refractivity contribution >= 4 is 0 Å². The molecular weight excluding hydrogens is 382 g/mol. The molecule has 8 heteroatoms. The van der Waals surface area contributed by atoms with Crippen LogP contribution in [0.5, 0.6) is 17.2 Å². The van der Waals surface area contributed by atoms with Gasteiger partial charge in [0.1, 0.15) is 0 Å². The van der Waals surface area contributed by atoms with E-state index < -0.39 is 0 Å². The van der Waals surface area contributed by atoms with E-state index >= 15 is 0 Å². The summed E-state index contributed by atoms with van der Waals surface area (Å²) in [5.41, 5.74) is 6.84. The Labute approximate surface area is 176 Å². The van der Waals surface area contributed by atoms with Crippen molar-refractivity contribution in [3.63, 3.8) is 0 Å². The summed E-state index contributed by atoms with van der Waals surface area (Å²) in [4.78, 5) is 2.26. The van der Waals surface area contributed by atoms with E-state index in [4.69, 9.17) is 14.2 Å². The van der Waals surface area contributed by atoms with Crippen molar-refractivity contribution in [3.05, 3.63) is 40.8 Å². The topological polar surface area (TPSA) is 88.3 Å². The van der Waals surface area contributed by atoms with E-state index in [1.54, 1.807) is 21.3 Å². The molecule has 0 unspecified atom stereocenters. The Morgan fingerprint density at radius 2 is 1.70 bits per heavy atom. The van der Waals surface area contributed by atoms with Crippen LogP contribution in [0.15, 0.2) is 18.3 Å². The van der Waals surface area contributed by atoms with Crippen molar-refractivity contribution in [1.29, 1.82) is 0 Å². The summed E-state index contributed by atoms with van der Waals surface area (Å²) in [6, 6.07) is 3.87. The molecule has 0 amide bonds. The molecule has 0 saturated carbocycles. The van der Waals surface area contributed by atoms with Crippen LogP contribution in [0.25, 0.3) is 11.3 Å². The molecule has 1 aliphatic rings. The molecule has 0 fully saturated rings. The fraction of sp³-hybridized carbons (Fsp3) is 0.455. The first-order chi connectivity index (χ1) is 14.6. The third-order valence-electron chi connectivity index (χ3n) is 5.67. The zero-order valence-electron chi connectivity index (χ0n) is 18.0. The fourth-order valence-electron chi connectivity index (χ4n) is 4.19. The Morgan fingerprint density at radius 1 is 0.967 bits per heavy atom. The lowest BCUT2D eigenvalue weighted by Crippen LogP contribution is -2.19. The first-order valence-corrected chi connectivity index (χ1v) is 10.2. The van der Waals surface area contributed by atoms with Gasteiger partial charge in [0.2, 0.25) is 5.75 Å². The molecule has 0 atom stereocenters. The van der Waals surface area contributed by atoms with Gasteiger partial charge in [-0.15, -0.1) is 0 Å². The number of hydrogen-bond acceptors (Lipinski definition) is 6. The van der Waals surface area contributed by atoms with Gasteiger partial charge in [0.25, 0.3) is 0 Å². The van der Waals surface area contributed by atoms with Gasteiger partial charge in [0.15, 0.2) is 11.5 Å². The highest BCUT2D eigenvalue weighted by molar-refractivity contribution is 5.70. The molecule has 0 bridgehead atoms. The van der Waals surface area contributed by atoms with Gasteiger partial charge in [0.05, 0.1) is 38.9 Å². The molecule has 0 saturated heterocycles. The Kier molecular flexibility index (Phi) is 5.94. The number of methoxy groups -OCH3 is 3. The van der Waals surface area contributed by atoms with E-state index in [-0.39, 0.29) is 0 Å². The smallest absolute Gasteiger partial charge is 0.203 e. The molecule has 0 radical (unpaired) electrons. The number of nitrogens with one attached hydrogen (secondary N) is 2. The van der Waals surface area contributed by atoms with Crippen molar-refractivity contribution in [2.24, 2.45) is 0 Å². The van der Waals surface area contributed by atoms with Gasteiger partial charge in [-0.25, -0.2) is 0 Å². The van der Waals surface area contributed by atoms with E-state index in [2.05, 4.69) is 32.3 Å². The third-order valence-corrected chi connectivity index (χ3v) is 5.67. The summed E-state index contributed by atoms with van der Waals surface area (Å²) in [5, 5.41) is 15.2. The monoisotopic (exact) mass is 411 g/mol. The molecular formula is C22H29N5O3. The largest absolute Gasteiger partial charge is 0.493 e. The maximum atomic E-state index is 5.50. The lowest BCUT2D eigenvalue weighted by molar-refractivity contribution is 0.314. The van der Waals surface area contributed by atoms with Crippen LogP contribution in [0.1, 0.15) is 35.4 Å². The number of H-pyrrole nitrogens is 2. The summed E-state index contributed by atoms with van der Waals surface area (Å²) >= 11 is 0. The Hall–Kier alpha value is -3.00. The zero-order chi connectivity index (χ0) is 21.1. The number of nitrogens with zero attached hydrogens (tertiary/aromatic N) is 3. The second-order valence-corrected chi connectivity index (χ2v) is 7.69. The molecule has 4 rings (SSSR count). The van der Waals surface area contributed by atoms with Crippen LogP contribution in [-0.2, 0) is 25.9 Å². The van der Waals surface area contributed by atoms with Crippen molar-refractivity contribution in [2.45, 2.75) is 38.8 Å². The van der Waals surface area contributed by atoms with Gasteiger partial charge in [-0.3, -0.25) is 15.1 Å². The Morgan fingerprint density at radius 3 is 2.40 bits per heavy atom. The number of aromatic nitrogens is 4. The van der Waals surface area contributed by atoms with E-state index in [1.165, 1.54) is 24.1 Å². The molecule has 0 spiro atoms. The Balaban J connectivity index is 1.56. The average Bonchev–Trinajstić information content (AvgIpc) is 3.39. The third kappa shape index (κ3) is 3.87. The highest BCUT2D eigenvalue weighted by Crippen LogP contribution is 2.41. The zero-order valence-corrected chi connectivity index (χ0v) is 18.0. The van der Waals surface area contributed by atoms with Gasteiger partial charge in [-0.05, 0) is 50.4 Å². The molecule has 2 heterocycles. The summed E-state index contributed by atoms with van der Waals surface area (Å²) in [6.07, 6.45) is 6.60. The summed E-state index contributed by atoms with van der Waals surface area (Å²) in [5.74, 6) is 1.80. The first kappa shape index (κ1) is 20.3. The minimum absolute atomic E-state index is 0.574. The molecule has 1 aliphatic carbocycles. The van der Waals surface area contributed by atoms with E-state index in [9.17, 15) is 0 Å². The minimum Gasteiger partial charge on any atom is -0.493 e. The average molecular weight is 412 g/mol. The summed E-state index contributed by atoms with van der Waals surface area (Å²) < 4.78 is 16.4. The van der Waals surface area contributed by atoms with Gasteiger partial charge in [0, 0.05) is 29.9 Å². The predicted octanol–water partition coefficient (Wildman–Crippen LogP) is 3.34. The molecule has 30 heavy (non-hydrogen) atoms. The molecule has 3 aromatic rings. The van der Waals surface area contributed by atoms with Crippen LogP contribution >= 0.6 is 0 Å². The highest BCUT2D eigenvalue weighted by atomic mass is 16.5. The molecule has 160 valence electrons. The highest BCUT2D eigenvalue weighted by Gasteiger charge is 2.20. The predicted molar refractivity (Wildman–Crippen MR) is 114 cm³/mol. The van der Waals surface area contributed by atoms with Gasteiger partial charge < -0.3 is 14.2 Å². The van der Waals surface area contributed by atoms with Crippen molar-refractivity contribution in [3.8, 4) is 28.5 Å². The van der Waals surface area contributed by atoms with Crippen molar-refractivity contribution in [1.82, 2.24) is 25.3 Å². The number of benzene rings is 1. The minimum atomic E-state index is 0.574. The van der Waals surface area contributed by atoms with E-state index in [0.29, 0.717) is 17.2 Å². The van der Waals surface area contributed by atoms with Crippen LogP contribution in [-0.4, -0.2) is 53.7 Å². The second kappa shape index (κ2) is 8.79. The molecule has 8 nitrogen and oxygen atoms in total. The summed E-state index contributed by atoms with van der Waals surface area (Å²) in [7, 11) is 6.95. The molecule has 1 aromatic carbocycles. The molecule has 2 N–H and O–H groups in total. The van der Waals surface area contributed by atoms with Crippen LogP contribution in [0.4, 0.5) is 0 Å². The maximum Gasteiger partial charge on any atom is 0.203 e. The number of fused-ring (bicyclic) bond motifs is 1. The van der Waals surface area contributed by atoms with Gasteiger partial charge >= 0.3 is 0 Å². The number of aromatic amines is 2. The van der Waals surface area contributed by atoms with Crippen molar-refractivity contribution in [2.75, 3.05) is 28.4 Å². The number of rotatable bonds is 8. The number of hydrogen-bond donors (Lipinski definition) is 2. The maximum absolute atomic E-state index is 5.50. The lowest BCUT2D eigenvalue weighted by atomic mass is 9.96. The Bertz CT molecular complexity index is 985. The first-order valence-electron chi connectivity index (χ1n) is 10.2. The van der Waals surface area contributed by atoms with Crippen LogP contribution in [0.2, 0.25) is 0 Å².